The number of nitrogens with zero attached hydrogens (tertiary/aromatic N) is 2. The largest absolute Gasteiger partial charge is 0.454 e. The number of hydrogen-bond acceptors (Lipinski definition) is 6. The molecule has 9 heteroatoms. The Labute approximate surface area is 196 Å². The van der Waals surface area contributed by atoms with E-state index in [9.17, 15) is 14.4 Å². The van der Waals surface area contributed by atoms with E-state index in [1.54, 1.807) is 18.2 Å². The van der Waals surface area contributed by atoms with E-state index in [1.807, 2.05) is 52.3 Å². The van der Waals surface area contributed by atoms with Gasteiger partial charge in [0.1, 0.15) is 0 Å². The number of hydrogen-bond donors (Lipinski definition) is 2. The fraction of sp³-hybridized carbons (Fsp3) is 0.240. The Morgan fingerprint density at radius 3 is 2.47 bits per heavy atom. The number of anilines is 1. The van der Waals surface area contributed by atoms with E-state index in [-0.39, 0.29) is 19.2 Å². The van der Waals surface area contributed by atoms with Gasteiger partial charge >= 0.3 is 6.03 Å². The number of ether oxygens (including phenoxy) is 2. The lowest BCUT2D eigenvalue weighted by molar-refractivity contribution is -0.121. The van der Waals surface area contributed by atoms with Crippen LogP contribution in [-0.2, 0) is 4.79 Å². The van der Waals surface area contributed by atoms with Crippen molar-refractivity contribution in [1.82, 2.24) is 15.1 Å². The van der Waals surface area contributed by atoms with E-state index in [2.05, 4.69) is 10.6 Å². The monoisotopic (exact) mass is 460 g/mol. The Bertz CT molecular complexity index is 1250. The fourth-order valence-corrected chi connectivity index (χ4v) is 4.20. The van der Waals surface area contributed by atoms with Crippen molar-refractivity contribution in [3.8, 4) is 11.5 Å². The maximum atomic E-state index is 13.1. The summed E-state index contributed by atoms with van der Waals surface area (Å²) in [4.78, 5) is 41.4. The third-order valence-corrected chi connectivity index (χ3v) is 5.93. The molecular formula is C25H24N4O5. The molecule has 1 fully saturated rings. The SMILES string of the molecule is O=C(CN1CCN(C(=O)c2cccc3ccccc23)CC1)NC(=O)Nc1ccc2c(c1)OCO2. The minimum Gasteiger partial charge on any atom is -0.454 e. The van der Waals surface area contributed by atoms with Crippen LogP contribution in [0.15, 0.2) is 60.7 Å². The molecule has 0 unspecified atom stereocenters. The molecule has 2 heterocycles. The normalized spacial score (nSPS) is 15.2. The number of carbonyl (C=O) groups is 3. The van der Waals surface area contributed by atoms with Crippen LogP contribution in [0.2, 0.25) is 0 Å². The maximum Gasteiger partial charge on any atom is 0.325 e. The Balaban J connectivity index is 1.11. The summed E-state index contributed by atoms with van der Waals surface area (Å²) in [5.74, 6) is 0.733. The number of benzene rings is 3. The molecule has 4 amide bonds. The van der Waals surface area contributed by atoms with Crippen molar-refractivity contribution < 1.29 is 23.9 Å². The average Bonchev–Trinajstić information content (AvgIpc) is 3.31. The number of carbonyl (C=O) groups excluding carboxylic acids is 3. The van der Waals surface area contributed by atoms with Crippen LogP contribution in [0.25, 0.3) is 10.8 Å². The van der Waals surface area contributed by atoms with Crippen LogP contribution in [0.5, 0.6) is 11.5 Å². The molecule has 3 aromatic carbocycles. The van der Waals surface area contributed by atoms with Gasteiger partial charge in [0.2, 0.25) is 12.7 Å². The van der Waals surface area contributed by atoms with Crippen molar-refractivity contribution >= 4 is 34.3 Å². The zero-order chi connectivity index (χ0) is 23.5. The van der Waals surface area contributed by atoms with E-state index in [1.165, 1.54) is 0 Å². The zero-order valence-electron chi connectivity index (χ0n) is 18.5. The molecule has 5 rings (SSSR count). The molecule has 0 atom stereocenters. The molecule has 174 valence electrons. The van der Waals surface area contributed by atoms with Crippen LogP contribution in [-0.4, -0.2) is 67.2 Å². The maximum absolute atomic E-state index is 13.1. The average molecular weight is 460 g/mol. The lowest BCUT2D eigenvalue weighted by Crippen LogP contribution is -2.51. The van der Waals surface area contributed by atoms with Crippen molar-refractivity contribution in [3.05, 3.63) is 66.2 Å². The summed E-state index contributed by atoms with van der Waals surface area (Å²) in [6, 6.07) is 18.0. The molecule has 0 bridgehead atoms. The van der Waals surface area contributed by atoms with Gasteiger partial charge in [-0.1, -0.05) is 36.4 Å². The number of imide groups is 1. The quantitative estimate of drug-likeness (QED) is 0.621. The smallest absolute Gasteiger partial charge is 0.325 e. The predicted molar refractivity (Wildman–Crippen MR) is 126 cm³/mol. The van der Waals surface area contributed by atoms with Gasteiger partial charge in [-0.3, -0.25) is 19.8 Å². The molecule has 3 aromatic rings. The van der Waals surface area contributed by atoms with Gasteiger partial charge in [0, 0.05) is 43.5 Å². The molecule has 0 spiro atoms. The summed E-state index contributed by atoms with van der Waals surface area (Å²) < 4.78 is 10.5. The van der Waals surface area contributed by atoms with E-state index >= 15 is 0 Å². The molecule has 0 aromatic heterocycles. The summed E-state index contributed by atoms with van der Waals surface area (Å²) in [7, 11) is 0. The topological polar surface area (TPSA) is 100 Å². The first kappa shape index (κ1) is 21.7. The summed E-state index contributed by atoms with van der Waals surface area (Å²) in [6.07, 6.45) is 0. The van der Waals surface area contributed by atoms with E-state index in [0.717, 1.165) is 10.8 Å². The van der Waals surface area contributed by atoms with Gasteiger partial charge in [-0.05, 0) is 29.0 Å². The fourth-order valence-electron chi connectivity index (χ4n) is 4.20. The molecule has 0 radical (unpaired) electrons. The minimum absolute atomic E-state index is 0.0102. The Morgan fingerprint density at radius 1 is 0.853 bits per heavy atom. The lowest BCUT2D eigenvalue weighted by Gasteiger charge is -2.34. The standard InChI is InChI=1S/C25H24N4O5/c30-23(27-25(32)26-18-8-9-21-22(14-18)34-16-33-21)15-28-10-12-29(13-11-28)24(31)20-7-3-5-17-4-1-2-6-19(17)20/h1-9,14H,10-13,15-16H2,(H2,26,27,30,32). The Kier molecular flexibility index (Phi) is 6.01. The molecule has 2 aliphatic rings. The van der Waals surface area contributed by atoms with E-state index in [0.29, 0.717) is 48.9 Å². The zero-order valence-corrected chi connectivity index (χ0v) is 18.5. The van der Waals surface area contributed by atoms with Gasteiger partial charge in [0.15, 0.2) is 11.5 Å². The van der Waals surface area contributed by atoms with Gasteiger partial charge in [-0.2, -0.15) is 0 Å². The second-order valence-electron chi connectivity index (χ2n) is 8.17. The van der Waals surface area contributed by atoms with Crippen molar-refractivity contribution in [2.24, 2.45) is 0 Å². The van der Waals surface area contributed by atoms with Crippen LogP contribution in [0.4, 0.5) is 10.5 Å². The van der Waals surface area contributed by atoms with Gasteiger partial charge in [-0.15, -0.1) is 0 Å². The molecule has 2 aliphatic heterocycles. The number of nitrogens with one attached hydrogen (secondary N) is 2. The molecule has 0 aliphatic carbocycles. The van der Waals surface area contributed by atoms with Crippen LogP contribution in [0.3, 0.4) is 0 Å². The highest BCUT2D eigenvalue weighted by Crippen LogP contribution is 2.34. The summed E-state index contributed by atoms with van der Waals surface area (Å²) >= 11 is 0. The molecule has 1 saturated heterocycles. The second-order valence-corrected chi connectivity index (χ2v) is 8.17. The molecule has 2 N–H and O–H groups in total. The number of fused-ring (bicyclic) bond motifs is 2. The first-order valence-electron chi connectivity index (χ1n) is 11.1. The second kappa shape index (κ2) is 9.40. The number of rotatable bonds is 4. The highest BCUT2D eigenvalue weighted by atomic mass is 16.7. The molecule has 0 saturated carbocycles. The highest BCUT2D eigenvalue weighted by molar-refractivity contribution is 6.07. The molecule has 9 nitrogen and oxygen atoms in total. The number of piperazine rings is 1. The van der Waals surface area contributed by atoms with Gasteiger partial charge in [0.25, 0.3) is 5.91 Å². The summed E-state index contributed by atoms with van der Waals surface area (Å²) in [6.45, 7) is 2.34. The van der Waals surface area contributed by atoms with E-state index < -0.39 is 11.9 Å². The van der Waals surface area contributed by atoms with E-state index in [4.69, 9.17) is 9.47 Å². The summed E-state index contributed by atoms with van der Waals surface area (Å²) in [5.41, 5.74) is 1.18. The van der Waals surface area contributed by atoms with Crippen LogP contribution < -0.4 is 20.1 Å². The predicted octanol–water partition coefficient (Wildman–Crippen LogP) is 2.67. The van der Waals surface area contributed by atoms with Crippen LogP contribution in [0, 0.1) is 0 Å². The number of urea groups is 1. The molecule has 34 heavy (non-hydrogen) atoms. The van der Waals surface area contributed by atoms with Gasteiger partial charge < -0.3 is 19.7 Å². The molecular weight excluding hydrogens is 436 g/mol. The van der Waals surface area contributed by atoms with Crippen LogP contribution >= 0.6 is 0 Å². The van der Waals surface area contributed by atoms with Crippen LogP contribution in [0.1, 0.15) is 10.4 Å². The van der Waals surface area contributed by atoms with Crippen molar-refractivity contribution in [1.29, 1.82) is 0 Å². The third-order valence-electron chi connectivity index (χ3n) is 5.93. The first-order valence-corrected chi connectivity index (χ1v) is 11.1. The number of amides is 4. The van der Waals surface area contributed by atoms with Crippen molar-refractivity contribution in [2.45, 2.75) is 0 Å². The van der Waals surface area contributed by atoms with Crippen molar-refractivity contribution in [2.75, 3.05) is 44.8 Å². The Hall–Kier alpha value is -4.11. The van der Waals surface area contributed by atoms with Gasteiger partial charge in [0.05, 0.1) is 6.54 Å². The minimum atomic E-state index is -0.617. The van der Waals surface area contributed by atoms with Crippen molar-refractivity contribution in [3.63, 3.8) is 0 Å². The van der Waals surface area contributed by atoms with Gasteiger partial charge in [-0.25, -0.2) is 4.79 Å². The summed E-state index contributed by atoms with van der Waals surface area (Å²) in [5, 5.41) is 6.92. The third kappa shape index (κ3) is 4.65. The Morgan fingerprint density at radius 2 is 1.62 bits per heavy atom. The first-order chi connectivity index (χ1) is 16.6. The highest BCUT2D eigenvalue weighted by Gasteiger charge is 2.25. The lowest BCUT2D eigenvalue weighted by atomic mass is 10.0.